The molecule has 0 saturated carbocycles. The number of hydrogen-bond acceptors (Lipinski definition) is 4. The molecule has 0 heterocycles. The topological polar surface area (TPSA) is 52.6 Å². The third-order valence-electron chi connectivity index (χ3n) is 2.32. The summed E-state index contributed by atoms with van der Waals surface area (Å²) in [7, 11) is 0. The van der Waals surface area contributed by atoms with Gasteiger partial charge < -0.3 is 9.47 Å². The van der Waals surface area contributed by atoms with Gasteiger partial charge in [-0.1, -0.05) is 24.3 Å². The van der Waals surface area contributed by atoms with Crippen LogP contribution in [-0.4, -0.2) is 25.2 Å². The van der Waals surface area contributed by atoms with Crippen LogP contribution in [0.3, 0.4) is 0 Å². The number of benzene rings is 1. The second-order valence-corrected chi connectivity index (χ2v) is 3.75. The zero-order chi connectivity index (χ0) is 14.1. The van der Waals surface area contributed by atoms with Crippen molar-refractivity contribution in [2.45, 2.75) is 20.3 Å². The second kappa shape index (κ2) is 8.08. The normalized spacial score (nSPS) is 10.4. The van der Waals surface area contributed by atoms with Crippen LogP contribution in [0.2, 0.25) is 0 Å². The molecule has 0 aliphatic rings. The van der Waals surface area contributed by atoms with E-state index < -0.39 is 0 Å². The van der Waals surface area contributed by atoms with Crippen LogP contribution in [-0.2, 0) is 14.3 Å². The molecule has 4 nitrogen and oxygen atoms in total. The summed E-state index contributed by atoms with van der Waals surface area (Å²) in [5.74, 6) is -0.577. The second-order valence-electron chi connectivity index (χ2n) is 3.75. The van der Waals surface area contributed by atoms with E-state index in [9.17, 15) is 9.59 Å². The lowest BCUT2D eigenvalue weighted by atomic mass is 10.1. The SMILES string of the molecule is CCOC(=O)CC=Cc1ccc(C(=O)OCC)cc1. The van der Waals surface area contributed by atoms with Gasteiger partial charge in [0.25, 0.3) is 0 Å². The smallest absolute Gasteiger partial charge is 0.338 e. The summed E-state index contributed by atoms with van der Waals surface area (Å²) < 4.78 is 9.70. The highest BCUT2D eigenvalue weighted by Crippen LogP contribution is 2.08. The van der Waals surface area contributed by atoms with Crippen molar-refractivity contribution in [2.24, 2.45) is 0 Å². The minimum absolute atomic E-state index is 0.244. The van der Waals surface area contributed by atoms with E-state index in [-0.39, 0.29) is 18.4 Å². The summed E-state index contributed by atoms with van der Waals surface area (Å²) in [5.41, 5.74) is 1.43. The number of carbonyl (C=O) groups is 2. The largest absolute Gasteiger partial charge is 0.466 e. The van der Waals surface area contributed by atoms with Crippen molar-refractivity contribution in [1.82, 2.24) is 0 Å². The Balaban J connectivity index is 2.54. The predicted molar refractivity (Wildman–Crippen MR) is 72.7 cm³/mol. The predicted octanol–water partition coefficient (Wildman–Crippen LogP) is 2.83. The minimum Gasteiger partial charge on any atom is -0.466 e. The molecule has 4 heteroatoms. The fraction of sp³-hybridized carbons (Fsp3) is 0.333. The van der Waals surface area contributed by atoms with Crippen LogP contribution in [0, 0.1) is 0 Å². The zero-order valence-electron chi connectivity index (χ0n) is 11.2. The molecule has 1 rings (SSSR count). The third-order valence-corrected chi connectivity index (χ3v) is 2.32. The molecule has 19 heavy (non-hydrogen) atoms. The number of carbonyl (C=O) groups excluding carboxylic acids is 2. The van der Waals surface area contributed by atoms with E-state index in [1.54, 1.807) is 44.2 Å². The molecule has 102 valence electrons. The molecule has 0 N–H and O–H groups in total. The van der Waals surface area contributed by atoms with Crippen molar-refractivity contribution in [1.29, 1.82) is 0 Å². The van der Waals surface area contributed by atoms with Crippen molar-refractivity contribution in [3.63, 3.8) is 0 Å². The highest BCUT2D eigenvalue weighted by atomic mass is 16.5. The maximum Gasteiger partial charge on any atom is 0.338 e. The molecule has 0 amide bonds. The molecular formula is C15H18O4. The van der Waals surface area contributed by atoms with Gasteiger partial charge in [0.15, 0.2) is 0 Å². The summed E-state index contributed by atoms with van der Waals surface area (Å²) >= 11 is 0. The summed E-state index contributed by atoms with van der Waals surface area (Å²) in [4.78, 5) is 22.5. The maximum atomic E-state index is 11.4. The third kappa shape index (κ3) is 5.38. The van der Waals surface area contributed by atoms with Crippen molar-refractivity contribution < 1.29 is 19.1 Å². The van der Waals surface area contributed by atoms with Crippen LogP contribution in [0.1, 0.15) is 36.2 Å². The highest BCUT2D eigenvalue weighted by Gasteiger charge is 2.04. The van der Waals surface area contributed by atoms with E-state index in [1.165, 1.54) is 0 Å². The Kier molecular flexibility index (Phi) is 6.36. The van der Waals surface area contributed by atoms with Crippen molar-refractivity contribution in [3.8, 4) is 0 Å². The maximum absolute atomic E-state index is 11.4. The lowest BCUT2D eigenvalue weighted by Crippen LogP contribution is -2.04. The van der Waals surface area contributed by atoms with Gasteiger partial charge in [-0.3, -0.25) is 4.79 Å². The first-order chi connectivity index (χ1) is 9.17. The fourth-order valence-corrected chi connectivity index (χ4v) is 1.46. The van der Waals surface area contributed by atoms with E-state index in [4.69, 9.17) is 9.47 Å². The van der Waals surface area contributed by atoms with E-state index in [0.717, 1.165) is 5.56 Å². The van der Waals surface area contributed by atoms with Crippen molar-refractivity contribution in [2.75, 3.05) is 13.2 Å². The monoisotopic (exact) mass is 262 g/mol. The van der Waals surface area contributed by atoms with E-state index >= 15 is 0 Å². The lowest BCUT2D eigenvalue weighted by molar-refractivity contribution is -0.142. The Morgan fingerprint density at radius 3 is 2.26 bits per heavy atom. The Hall–Kier alpha value is -2.10. The quantitative estimate of drug-likeness (QED) is 0.740. The summed E-state index contributed by atoms with van der Waals surface area (Å²) in [5, 5.41) is 0. The molecule has 0 radical (unpaired) electrons. The lowest BCUT2D eigenvalue weighted by Gasteiger charge is -2.01. The first kappa shape index (κ1) is 15.0. The summed E-state index contributed by atoms with van der Waals surface area (Å²) in [6.45, 7) is 4.29. The van der Waals surface area contributed by atoms with Gasteiger partial charge in [-0.15, -0.1) is 0 Å². The minimum atomic E-state index is -0.329. The van der Waals surface area contributed by atoms with E-state index in [0.29, 0.717) is 18.8 Å². The molecular weight excluding hydrogens is 244 g/mol. The Morgan fingerprint density at radius 1 is 1.05 bits per heavy atom. The zero-order valence-corrected chi connectivity index (χ0v) is 11.2. The highest BCUT2D eigenvalue weighted by molar-refractivity contribution is 5.89. The first-order valence-corrected chi connectivity index (χ1v) is 6.26. The molecule has 0 aliphatic carbocycles. The van der Waals surface area contributed by atoms with Crippen LogP contribution in [0.5, 0.6) is 0 Å². The van der Waals surface area contributed by atoms with Crippen LogP contribution in [0.25, 0.3) is 6.08 Å². The van der Waals surface area contributed by atoms with Gasteiger partial charge in [0.05, 0.1) is 25.2 Å². The van der Waals surface area contributed by atoms with Gasteiger partial charge in [0.2, 0.25) is 0 Å². The molecule has 0 spiro atoms. The molecule has 0 unspecified atom stereocenters. The first-order valence-electron chi connectivity index (χ1n) is 6.26. The van der Waals surface area contributed by atoms with Gasteiger partial charge in [-0.05, 0) is 31.5 Å². The fourth-order valence-electron chi connectivity index (χ4n) is 1.46. The Morgan fingerprint density at radius 2 is 1.68 bits per heavy atom. The van der Waals surface area contributed by atoms with E-state index in [1.807, 2.05) is 6.08 Å². The molecule has 1 aromatic carbocycles. The standard InChI is InChI=1S/C15H18O4/c1-3-18-14(16)7-5-6-12-8-10-13(11-9-12)15(17)19-4-2/h5-6,8-11H,3-4,7H2,1-2H3. The average Bonchev–Trinajstić information content (AvgIpc) is 2.40. The average molecular weight is 262 g/mol. The van der Waals surface area contributed by atoms with Gasteiger partial charge in [-0.2, -0.15) is 0 Å². The van der Waals surface area contributed by atoms with Gasteiger partial charge >= 0.3 is 11.9 Å². The molecule has 0 aromatic heterocycles. The Labute approximate surface area is 113 Å². The molecule has 0 saturated heterocycles. The number of ether oxygens (including phenoxy) is 2. The molecule has 0 fully saturated rings. The van der Waals surface area contributed by atoms with Crippen LogP contribution < -0.4 is 0 Å². The van der Waals surface area contributed by atoms with Crippen LogP contribution in [0.15, 0.2) is 30.3 Å². The van der Waals surface area contributed by atoms with Gasteiger partial charge in [0, 0.05) is 0 Å². The van der Waals surface area contributed by atoms with Crippen molar-refractivity contribution >= 4 is 18.0 Å². The van der Waals surface area contributed by atoms with Gasteiger partial charge in [0.1, 0.15) is 0 Å². The Bertz CT molecular complexity index is 446. The summed E-state index contributed by atoms with van der Waals surface area (Å²) in [6, 6.07) is 6.99. The molecule has 0 bridgehead atoms. The molecule has 0 aliphatic heterocycles. The van der Waals surface area contributed by atoms with Gasteiger partial charge in [-0.25, -0.2) is 4.79 Å². The molecule has 1 aromatic rings. The van der Waals surface area contributed by atoms with E-state index in [2.05, 4.69) is 0 Å². The number of rotatable bonds is 6. The summed E-state index contributed by atoms with van der Waals surface area (Å²) in [6.07, 6.45) is 3.79. The molecule has 0 atom stereocenters. The number of hydrogen-bond donors (Lipinski definition) is 0. The number of esters is 2. The van der Waals surface area contributed by atoms with Crippen LogP contribution >= 0.6 is 0 Å². The van der Waals surface area contributed by atoms with Crippen molar-refractivity contribution in [3.05, 3.63) is 41.5 Å². The van der Waals surface area contributed by atoms with Crippen LogP contribution in [0.4, 0.5) is 0 Å².